The third kappa shape index (κ3) is 3.24. The predicted molar refractivity (Wildman–Crippen MR) is 86.2 cm³/mol. The molecule has 21 heavy (non-hydrogen) atoms. The summed E-state index contributed by atoms with van der Waals surface area (Å²) in [5, 5.41) is 8.93. The molecule has 2 N–H and O–H groups in total. The Bertz CT molecular complexity index is 633. The van der Waals surface area contributed by atoms with Gasteiger partial charge in [0.05, 0.1) is 6.42 Å². The van der Waals surface area contributed by atoms with Gasteiger partial charge in [-0.3, -0.25) is 4.79 Å². The second-order valence-electron chi connectivity index (χ2n) is 5.96. The molecule has 1 saturated heterocycles. The molecule has 1 fully saturated rings. The lowest BCUT2D eigenvalue weighted by atomic mass is 9.95. The largest absolute Gasteiger partial charge is 0.353 e. The molecule has 2 atom stereocenters. The Labute approximate surface area is 125 Å². The first-order chi connectivity index (χ1) is 10.2. The summed E-state index contributed by atoms with van der Waals surface area (Å²) in [6, 6.07) is 14.7. The molecule has 3 rings (SSSR count). The number of fused-ring (bicyclic) bond motifs is 1. The Kier molecular flexibility index (Phi) is 4.20. The van der Waals surface area contributed by atoms with Crippen molar-refractivity contribution >= 4 is 16.7 Å². The lowest BCUT2D eigenvalue weighted by Crippen LogP contribution is -2.48. The van der Waals surface area contributed by atoms with Gasteiger partial charge in [-0.1, -0.05) is 49.4 Å². The molecule has 0 radical (unpaired) electrons. The van der Waals surface area contributed by atoms with E-state index in [1.54, 1.807) is 0 Å². The van der Waals surface area contributed by atoms with Gasteiger partial charge in [-0.2, -0.15) is 0 Å². The fourth-order valence-corrected chi connectivity index (χ4v) is 3.11. The Morgan fingerprint density at radius 2 is 2.05 bits per heavy atom. The summed E-state index contributed by atoms with van der Waals surface area (Å²) in [5.74, 6) is 0.625. The summed E-state index contributed by atoms with van der Waals surface area (Å²) < 4.78 is 0. The van der Waals surface area contributed by atoms with E-state index in [1.165, 1.54) is 10.8 Å². The number of nitrogens with one attached hydrogen (secondary N) is 2. The van der Waals surface area contributed by atoms with Gasteiger partial charge >= 0.3 is 0 Å². The highest BCUT2D eigenvalue weighted by Crippen LogP contribution is 2.19. The topological polar surface area (TPSA) is 41.1 Å². The first-order valence-corrected chi connectivity index (χ1v) is 7.71. The average Bonchev–Trinajstić information content (AvgIpc) is 2.50. The Morgan fingerprint density at radius 1 is 1.24 bits per heavy atom. The molecule has 110 valence electrons. The van der Waals surface area contributed by atoms with Gasteiger partial charge in [0.1, 0.15) is 0 Å². The summed E-state index contributed by atoms with van der Waals surface area (Å²) in [6.45, 7) is 4.16. The van der Waals surface area contributed by atoms with E-state index < -0.39 is 0 Å². The lowest BCUT2D eigenvalue weighted by Gasteiger charge is -2.30. The van der Waals surface area contributed by atoms with Crippen LogP contribution in [0.1, 0.15) is 18.9 Å². The standard InChI is InChI=1S/C18H22N2O/c1-13-12-19-10-9-17(13)20-18(21)11-15-7-4-6-14-5-2-3-8-16(14)15/h2-8,13,17,19H,9-12H2,1H3,(H,20,21). The molecule has 1 amide bonds. The van der Waals surface area contributed by atoms with E-state index in [9.17, 15) is 4.79 Å². The number of benzene rings is 2. The molecular weight excluding hydrogens is 260 g/mol. The lowest BCUT2D eigenvalue weighted by molar-refractivity contribution is -0.121. The molecule has 3 nitrogen and oxygen atoms in total. The summed E-state index contributed by atoms with van der Waals surface area (Å²) >= 11 is 0. The van der Waals surface area contributed by atoms with Gasteiger partial charge in [-0.25, -0.2) is 0 Å². The molecule has 2 aromatic carbocycles. The minimum absolute atomic E-state index is 0.130. The number of carbonyl (C=O) groups excluding carboxylic acids is 1. The van der Waals surface area contributed by atoms with Crippen molar-refractivity contribution in [1.29, 1.82) is 0 Å². The number of hydrogen-bond donors (Lipinski definition) is 2. The van der Waals surface area contributed by atoms with Crippen molar-refractivity contribution in [1.82, 2.24) is 10.6 Å². The van der Waals surface area contributed by atoms with Crippen molar-refractivity contribution in [3.63, 3.8) is 0 Å². The molecule has 0 aromatic heterocycles. The van der Waals surface area contributed by atoms with Crippen LogP contribution in [0.5, 0.6) is 0 Å². The van der Waals surface area contributed by atoms with Gasteiger partial charge in [0.2, 0.25) is 5.91 Å². The fourth-order valence-electron chi connectivity index (χ4n) is 3.11. The van der Waals surface area contributed by atoms with E-state index >= 15 is 0 Å². The molecule has 2 aromatic rings. The quantitative estimate of drug-likeness (QED) is 0.908. The number of rotatable bonds is 3. The van der Waals surface area contributed by atoms with Crippen molar-refractivity contribution in [2.75, 3.05) is 13.1 Å². The van der Waals surface area contributed by atoms with E-state index in [0.29, 0.717) is 18.4 Å². The highest BCUT2D eigenvalue weighted by atomic mass is 16.1. The molecule has 0 saturated carbocycles. The van der Waals surface area contributed by atoms with Gasteiger partial charge in [0, 0.05) is 6.04 Å². The zero-order valence-corrected chi connectivity index (χ0v) is 12.4. The van der Waals surface area contributed by atoms with Crippen LogP contribution in [0.15, 0.2) is 42.5 Å². The summed E-state index contributed by atoms with van der Waals surface area (Å²) in [7, 11) is 0. The van der Waals surface area contributed by atoms with Crippen LogP contribution in [0.2, 0.25) is 0 Å². The average molecular weight is 282 g/mol. The van der Waals surface area contributed by atoms with E-state index in [-0.39, 0.29) is 5.91 Å². The minimum Gasteiger partial charge on any atom is -0.353 e. The van der Waals surface area contributed by atoms with Gasteiger partial charge in [-0.15, -0.1) is 0 Å². The van der Waals surface area contributed by atoms with Crippen LogP contribution >= 0.6 is 0 Å². The molecule has 3 heteroatoms. The maximum absolute atomic E-state index is 12.3. The molecule has 2 unspecified atom stereocenters. The SMILES string of the molecule is CC1CNCCC1NC(=O)Cc1cccc2ccccc12. The molecule has 0 bridgehead atoms. The third-order valence-electron chi connectivity index (χ3n) is 4.36. The molecule has 1 aliphatic rings. The van der Waals surface area contributed by atoms with Crippen molar-refractivity contribution < 1.29 is 4.79 Å². The van der Waals surface area contributed by atoms with Crippen LogP contribution in [-0.2, 0) is 11.2 Å². The van der Waals surface area contributed by atoms with Crippen molar-refractivity contribution in [2.24, 2.45) is 5.92 Å². The van der Waals surface area contributed by atoms with Gasteiger partial charge in [0.25, 0.3) is 0 Å². The van der Waals surface area contributed by atoms with Gasteiger partial charge in [0.15, 0.2) is 0 Å². The van der Waals surface area contributed by atoms with Gasteiger partial charge < -0.3 is 10.6 Å². The Morgan fingerprint density at radius 3 is 2.90 bits per heavy atom. The second kappa shape index (κ2) is 6.27. The second-order valence-corrected chi connectivity index (χ2v) is 5.96. The molecular formula is C18H22N2O. The molecule has 1 heterocycles. The van der Waals surface area contributed by atoms with Crippen molar-refractivity contribution in [3.8, 4) is 0 Å². The zero-order chi connectivity index (χ0) is 14.7. The fraction of sp³-hybridized carbons (Fsp3) is 0.389. The predicted octanol–water partition coefficient (Wildman–Crippen LogP) is 2.50. The van der Waals surface area contributed by atoms with Crippen molar-refractivity contribution in [2.45, 2.75) is 25.8 Å². The number of piperidine rings is 1. The van der Waals surface area contributed by atoms with Crippen LogP contribution in [-0.4, -0.2) is 25.0 Å². The number of carbonyl (C=O) groups is 1. The van der Waals surface area contributed by atoms with E-state index in [1.807, 2.05) is 24.3 Å². The highest BCUT2D eigenvalue weighted by molar-refractivity contribution is 5.90. The van der Waals surface area contributed by atoms with Crippen LogP contribution < -0.4 is 10.6 Å². The monoisotopic (exact) mass is 282 g/mol. The first kappa shape index (κ1) is 14.1. The van der Waals surface area contributed by atoms with Crippen LogP contribution in [0.4, 0.5) is 0 Å². The number of hydrogen-bond acceptors (Lipinski definition) is 2. The minimum atomic E-state index is 0.130. The Balaban J connectivity index is 1.71. The summed E-state index contributed by atoms with van der Waals surface area (Å²) in [5.41, 5.74) is 1.10. The van der Waals surface area contributed by atoms with Crippen LogP contribution in [0.25, 0.3) is 10.8 Å². The highest BCUT2D eigenvalue weighted by Gasteiger charge is 2.22. The zero-order valence-electron chi connectivity index (χ0n) is 12.4. The summed E-state index contributed by atoms with van der Waals surface area (Å²) in [4.78, 5) is 12.3. The molecule has 0 aliphatic carbocycles. The van der Waals surface area contributed by atoms with Crippen molar-refractivity contribution in [3.05, 3.63) is 48.0 Å². The summed E-state index contributed by atoms with van der Waals surface area (Å²) in [6.07, 6.45) is 1.47. The van der Waals surface area contributed by atoms with E-state index in [0.717, 1.165) is 25.1 Å². The molecule has 1 aliphatic heterocycles. The first-order valence-electron chi connectivity index (χ1n) is 7.71. The normalized spacial score (nSPS) is 22.1. The number of amides is 1. The third-order valence-corrected chi connectivity index (χ3v) is 4.36. The van der Waals surface area contributed by atoms with Crippen LogP contribution in [0, 0.1) is 5.92 Å². The Hall–Kier alpha value is -1.87. The van der Waals surface area contributed by atoms with Crippen LogP contribution in [0.3, 0.4) is 0 Å². The maximum atomic E-state index is 12.3. The van der Waals surface area contributed by atoms with E-state index in [2.05, 4.69) is 35.8 Å². The van der Waals surface area contributed by atoms with Gasteiger partial charge in [-0.05, 0) is 41.8 Å². The maximum Gasteiger partial charge on any atom is 0.224 e. The molecule has 0 spiro atoms. The smallest absolute Gasteiger partial charge is 0.224 e. The van der Waals surface area contributed by atoms with E-state index in [4.69, 9.17) is 0 Å².